The molecule has 0 bridgehead atoms. The molecule has 0 aliphatic heterocycles. The molecule has 0 aliphatic rings. The number of nitrogens with two attached hydrogens (primary N) is 1. The standard InChI is InChI=1S/C13H22NO3P/c1-3-16-18(15,17-4-2)11-13-7-5-6-12(10-13)8-9-14/h5-7,10H,3-4,8-9,11,14H2,1-2H3. The summed E-state index contributed by atoms with van der Waals surface area (Å²) in [6.45, 7) is 5.02. The maximum absolute atomic E-state index is 12.4. The summed E-state index contributed by atoms with van der Waals surface area (Å²) in [6.07, 6.45) is 1.13. The van der Waals surface area contributed by atoms with Crippen molar-refractivity contribution in [3.8, 4) is 0 Å². The Kier molecular flexibility index (Phi) is 6.58. The molecule has 0 spiro atoms. The average Bonchev–Trinajstić information content (AvgIpc) is 2.30. The molecule has 0 radical (unpaired) electrons. The zero-order valence-corrected chi connectivity index (χ0v) is 12.0. The van der Waals surface area contributed by atoms with E-state index >= 15 is 0 Å². The Hall–Kier alpha value is -0.670. The van der Waals surface area contributed by atoms with Gasteiger partial charge in [0.1, 0.15) is 0 Å². The van der Waals surface area contributed by atoms with Crippen LogP contribution >= 0.6 is 7.60 Å². The van der Waals surface area contributed by atoms with Crippen molar-refractivity contribution in [1.82, 2.24) is 0 Å². The second-order valence-electron chi connectivity index (χ2n) is 3.96. The molecule has 0 saturated carbocycles. The lowest BCUT2D eigenvalue weighted by Gasteiger charge is -2.17. The molecule has 0 aliphatic carbocycles. The summed E-state index contributed by atoms with van der Waals surface area (Å²) in [4.78, 5) is 0. The van der Waals surface area contributed by atoms with E-state index < -0.39 is 7.60 Å². The lowest BCUT2D eigenvalue weighted by Crippen LogP contribution is -2.03. The van der Waals surface area contributed by atoms with E-state index in [0.717, 1.165) is 17.5 Å². The van der Waals surface area contributed by atoms with Gasteiger partial charge in [0, 0.05) is 0 Å². The molecule has 1 rings (SSSR count). The summed E-state index contributed by atoms with van der Waals surface area (Å²) >= 11 is 0. The minimum absolute atomic E-state index is 0.313. The third-order valence-corrected chi connectivity index (χ3v) is 4.51. The molecule has 1 aromatic carbocycles. The molecular formula is C13H22NO3P. The molecule has 0 fully saturated rings. The Morgan fingerprint density at radius 2 is 1.78 bits per heavy atom. The molecule has 0 aromatic heterocycles. The van der Waals surface area contributed by atoms with Gasteiger partial charge in [0.2, 0.25) is 0 Å². The van der Waals surface area contributed by atoms with Crippen LogP contribution in [0.25, 0.3) is 0 Å². The van der Waals surface area contributed by atoms with Crippen molar-refractivity contribution >= 4 is 7.60 Å². The van der Waals surface area contributed by atoms with Crippen LogP contribution in [0.1, 0.15) is 25.0 Å². The molecule has 5 heteroatoms. The minimum atomic E-state index is -3.01. The number of hydrogen-bond donors (Lipinski definition) is 1. The van der Waals surface area contributed by atoms with E-state index in [0.29, 0.717) is 25.9 Å². The third kappa shape index (κ3) is 4.91. The Balaban J connectivity index is 2.80. The Morgan fingerprint density at radius 3 is 2.33 bits per heavy atom. The van der Waals surface area contributed by atoms with E-state index in [2.05, 4.69) is 0 Å². The van der Waals surface area contributed by atoms with E-state index in [9.17, 15) is 4.57 Å². The lowest BCUT2D eigenvalue weighted by molar-refractivity contribution is 0.219. The van der Waals surface area contributed by atoms with Crippen molar-refractivity contribution in [2.45, 2.75) is 26.4 Å². The second kappa shape index (κ2) is 7.70. The van der Waals surface area contributed by atoms with Gasteiger partial charge >= 0.3 is 7.60 Å². The van der Waals surface area contributed by atoms with Crippen molar-refractivity contribution < 1.29 is 13.6 Å². The van der Waals surface area contributed by atoms with Gasteiger partial charge in [-0.25, -0.2) is 0 Å². The minimum Gasteiger partial charge on any atom is -0.330 e. The molecule has 0 atom stereocenters. The van der Waals surface area contributed by atoms with Crippen LogP contribution in [0.15, 0.2) is 24.3 Å². The highest BCUT2D eigenvalue weighted by molar-refractivity contribution is 7.53. The fourth-order valence-corrected chi connectivity index (χ4v) is 3.48. The molecule has 1 aromatic rings. The topological polar surface area (TPSA) is 61.5 Å². The SMILES string of the molecule is CCOP(=O)(Cc1cccc(CCN)c1)OCC. The van der Waals surface area contributed by atoms with Gasteiger partial charge in [-0.3, -0.25) is 4.57 Å². The van der Waals surface area contributed by atoms with E-state index in [-0.39, 0.29) is 0 Å². The Bertz CT molecular complexity index is 399. The van der Waals surface area contributed by atoms with Gasteiger partial charge in [0.15, 0.2) is 0 Å². The average molecular weight is 271 g/mol. The first kappa shape index (κ1) is 15.4. The molecular weight excluding hydrogens is 249 g/mol. The highest BCUT2D eigenvalue weighted by atomic mass is 31.2. The number of benzene rings is 1. The summed E-state index contributed by atoms with van der Waals surface area (Å²) < 4.78 is 22.9. The summed E-state index contributed by atoms with van der Waals surface area (Å²) in [5.41, 5.74) is 7.64. The van der Waals surface area contributed by atoms with Gasteiger partial charge in [-0.05, 0) is 37.9 Å². The normalized spacial score (nSPS) is 11.7. The van der Waals surface area contributed by atoms with Gasteiger partial charge in [0.05, 0.1) is 19.4 Å². The summed E-state index contributed by atoms with van der Waals surface area (Å²) in [7, 11) is -3.01. The van der Waals surface area contributed by atoms with Crippen LogP contribution in [0.2, 0.25) is 0 Å². The van der Waals surface area contributed by atoms with Crippen molar-refractivity contribution in [2.75, 3.05) is 19.8 Å². The maximum atomic E-state index is 12.4. The molecule has 0 amide bonds. The monoisotopic (exact) mass is 271 g/mol. The molecule has 2 N–H and O–H groups in total. The van der Waals surface area contributed by atoms with Crippen LogP contribution in [0.3, 0.4) is 0 Å². The molecule has 18 heavy (non-hydrogen) atoms. The van der Waals surface area contributed by atoms with Crippen molar-refractivity contribution in [3.05, 3.63) is 35.4 Å². The molecule has 4 nitrogen and oxygen atoms in total. The quantitative estimate of drug-likeness (QED) is 0.738. The van der Waals surface area contributed by atoms with Gasteiger partial charge in [-0.15, -0.1) is 0 Å². The Morgan fingerprint density at radius 1 is 1.17 bits per heavy atom. The van der Waals surface area contributed by atoms with Gasteiger partial charge < -0.3 is 14.8 Å². The van der Waals surface area contributed by atoms with E-state index in [1.165, 1.54) is 0 Å². The van der Waals surface area contributed by atoms with E-state index in [4.69, 9.17) is 14.8 Å². The molecule has 0 unspecified atom stereocenters. The predicted octanol–water partition coefficient (Wildman–Crippen LogP) is 2.95. The second-order valence-corrected chi connectivity index (χ2v) is 6.02. The molecule has 0 saturated heterocycles. The van der Waals surface area contributed by atoms with Crippen LogP contribution in [-0.2, 0) is 26.2 Å². The highest BCUT2D eigenvalue weighted by Gasteiger charge is 2.23. The third-order valence-electron chi connectivity index (χ3n) is 2.45. The first-order valence-electron chi connectivity index (χ1n) is 6.29. The molecule has 0 heterocycles. The smallest absolute Gasteiger partial charge is 0.330 e. The van der Waals surface area contributed by atoms with Gasteiger partial charge in [-0.2, -0.15) is 0 Å². The predicted molar refractivity (Wildman–Crippen MR) is 73.8 cm³/mol. The van der Waals surface area contributed by atoms with Crippen molar-refractivity contribution in [2.24, 2.45) is 5.73 Å². The fourth-order valence-electron chi connectivity index (χ4n) is 1.80. The largest absolute Gasteiger partial charge is 0.335 e. The van der Waals surface area contributed by atoms with E-state index in [1.807, 2.05) is 38.1 Å². The van der Waals surface area contributed by atoms with Crippen LogP contribution in [0.5, 0.6) is 0 Å². The lowest BCUT2D eigenvalue weighted by atomic mass is 10.1. The summed E-state index contributed by atoms with van der Waals surface area (Å²) in [5.74, 6) is 0. The number of hydrogen-bond acceptors (Lipinski definition) is 4. The van der Waals surface area contributed by atoms with Crippen LogP contribution < -0.4 is 5.73 Å². The fraction of sp³-hybridized carbons (Fsp3) is 0.538. The summed E-state index contributed by atoms with van der Waals surface area (Å²) in [6, 6.07) is 7.91. The van der Waals surface area contributed by atoms with Crippen LogP contribution in [0.4, 0.5) is 0 Å². The molecule has 102 valence electrons. The number of rotatable bonds is 8. The van der Waals surface area contributed by atoms with E-state index in [1.54, 1.807) is 0 Å². The maximum Gasteiger partial charge on any atom is 0.335 e. The first-order chi connectivity index (χ1) is 8.63. The van der Waals surface area contributed by atoms with Crippen molar-refractivity contribution in [1.29, 1.82) is 0 Å². The zero-order chi connectivity index (χ0) is 13.4. The summed E-state index contributed by atoms with van der Waals surface area (Å²) in [5, 5.41) is 0. The van der Waals surface area contributed by atoms with Gasteiger partial charge in [-0.1, -0.05) is 24.3 Å². The Labute approximate surface area is 109 Å². The zero-order valence-electron chi connectivity index (χ0n) is 11.1. The van der Waals surface area contributed by atoms with Gasteiger partial charge in [0.25, 0.3) is 0 Å². The van der Waals surface area contributed by atoms with Crippen LogP contribution in [0, 0.1) is 0 Å². The first-order valence-corrected chi connectivity index (χ1v) is 8.02. The highest BCUT2D eigenvalue weighted by Crippen LogP contribution is 2.51. The van der Waals surface area contributed by atoms with Crippen LogP contribution in [-0.4, -0.2) is 19.8 Å². The van der Waals surface area contributed by atoms with Crippen molar-refractivity contribution in [3.63, 3.8) is 0 Å².